The van der Waals surface area contributed by atoms with Gasteiger partial charge in [-0.3, -0.25) is 0 Å². The predicted octanol–water partition coefficient (Wildman–Crippen LogP) is 3.69. The van der Waals surface area contributed by atoms with Gasteiger partial charge in [-0.2, -0.15) is 0 Å². The van der Waals surface area contributed by atoms with E-state index in [1.54, 1.807) is 0 Å². The van der Waals surface area contributed by atoms with Crippen LogP contribution in [0.15, 0.2) is 24.3 Å². The highest BCUT2D eigenvalue weighted by atomic mass is 32.1. The van der Waals surface area contributed by atoms with Gasteiger partial charge in [-0.15, -0.1) is 11.3 Å². The standard InChI is InChI=1S/C14H17NO2S/c1-3-9(2)8-17-14(16)13-7-10-6-11(15)4-5-12(10)18-13/h4-7,9H,3,8,15H2,1-2H3. The number of anilines is 1. The number of nitrogen functional groups attached to an aromatic ring is 1. The number of esters is 1. The van der Waals surface area contributed by atoms with Crippen molar-refractivity contribution in [3.05, 3.63) is 29.1 Å². The summed E-state index contributed by atoms with van der Waals surface area (Å²) in [6.45, 7) is 4.63. The summed E-state index contributed by atoms with van der Waals surface area (Å²) >= 11 is 1.44. The molecule has 1 atom stereocenters. The zero-order valence-corrected chi connectivity index (χ0v) is 11.4. The largest absolute Gasteiger partial charge is 0.461 e. The summed E-state index contributed by atoms with van der Waals surface area (Å²) in [6, 6.07) is 7.49. The van der Waals surface area contributed by atoms with E-state index in [2.05, 4.69) is 13.8 Å². The first-order valence-electron chi connectivity index (χ1n) is 6.06. The molecule has 0 amide bonds. The maximum absolute atomic E-state index is 11.9. The first kappa shape index (κ1) is 12.9. The van der Waals surface area contributed by atoms with Crippen molar-refractivity contribution in [2.24, 2.45) is 5.92 Å². The summed E-state index contributed by atoms with van der Waals surface area (Å²) < 4.78 is 6.34. The van der Waals surface area contributed by atoms with Gasteiger partial charge in [-0.1, -0.05) is 20.3 Å². The maximum atomic E-state index is 11.9. The molecule has 1 heterocycles. The molecule has 0 spiro atoms. The predicted molar refractivity (Wildman–Crippen MR) is 76.0 cm³/mol. The molecule has 18 heavy (non-hydrogen) atoms. The van der Waals surface area contributed by atoms with Crippen molar-refractivity contribution in [1.29, 1.82) is 0 Å². The van der Waals surface area contributed by atoms with Crippen LogP contribution in [0.25, 0.3) is 10.1 Å². The van der Waals surface area contributed by atoms with Gasteiger partial charge in [0.1, 0.15) is 4.88 Å². The second-order valence-electron chi connectivity index (χ2n) is 4.52. The van der Waals surface area contributed by atoms with Crippen LogP contribution in [0.2, 0.25) is 0 Å². The fraction of sp³-hybridized carbons (Fsp3) is 0.357. The van der Waals surface area contributed by atoms with Crippen LogP contribution in [0, 0.1) is 5.92 Å². The van der Waals surface area contributed by atoms with Gasteiger partial charge in [0.15, 0.2) is 0 Å². The summed E-state index contributed by atoms with van der Waals surface area (Å²) in [7, 11) is 0. The topological polar surface area (TPSA) is 52.3 Å². The molecule has 0 aliphatic carbocycles. The number of thiophene rings is 1. The Kier molecular flexibility index (Phi) is 3.87. The lowest BCUT2D eigenvalue weighted by Gasteiger charge is -2.08. The molecule has 0 radical (unpaired) electrons. The molecule has 96 valence electrons. The summed E-state index contributed by atoms with van der Waals surface area (Å²) in [6.07, 6.45) is 1.01. The molecule has 0 bridgehead atoms. The molecular weight excluding hydrogens is 246 g/mol. The quantitative estimate of drug-likeness (QED) is 0.676. The van der Waals surface area contributed by atoms with Crippen molar-refractivity contribution in [2.45, 2.75) is 20.3 Å². The highest BCUT2D eigenvalue weighted by Crippen LogP contribution is 2.27. The van der Waals surface area contributed by atoms with Crippen LogP contribution in [0.3, 0.4) is 0 Å². The minimum absolute atomic E-state index is 0.241. The molecule has 1 aromatic carbocycles. The molecule has 1 aromatic heterocycles. The molecule has 1 unspecified atom stereocenters. The van der Waals surface area contributed by atoms with E-state index < -0.39 is 0 Å². The van der Waals surface area contributed by atoms with Crippen molar-refractivity contribution in [3.63, 3.8) is 0 Å². The summed E-state index contributed by atoms with van der Waals surface area (Å²) in [5.74, 6) is 0.161. The number of ether oxygens (including phenoxy) is 1. The number of benzene rings is 1. The average molecular weight is 263 g/mol. The summed E-state index contributed by atoms with van der Waals surface area (Å²) in [5.41, 5.74) is 6.42. The van der Waals surface area contributed by atoms with Crippen molar-refractivity contribution in [3.8, 4) is 0 Å². The van der Waals surface area contributed by atoms with E-state index in [0.29, 0.717) is 23.1 Å². The molecule has 4 heteroatoms. The lowest BCUT2D eigenvalue weighted by molar-refractivity contribution is 0.0453. The van der Waals surface area contributed by atoms with Crippen LogP contribution in [-0.2, 0) is 4.74 Å². The fourth-order valence-corrected chi connectivity index (χ4v) is 2.51. The number of hydrogen-bond donors (Lipinski definition) is 1. The number of carbonyl (C=O) groups excluding carboxylic acids is 1. The Bertz CT molecular complexity index is 562. The van der Waals surface area contributed by atoms with Crippen molar-refractivity contribution >= 4 is 33.1 Å². The van der Waals surface area contributed by atoms with E-state index in [9.17, 15) is 4.79 Å². The molecule has 0 fully saturated rings. The van der Waals surface area contributed by atoms with Gasteiger partial charge >= 0.3 is 5.97 Å². The Morgan fingerprint density at radius 3 is 2.94 bits per heavy atom. The first-order chi connectivity index (χ1) is 8.60. The van der Waals surface area contributed by atoms with E-state index in [1.807, 2.05) is 24.3 Å². The Morgan fingerprint density at radius 1 is 1.44 bits per heavy atom. The van der Waals surface area contributed by atoms with Crippen LogP contribution in [-0.4, -0.2) is 12.6 Å². The van der Waals surface area contributed by atoms with Gasteiger partial charge in [0, 0.05) is 10.4 Å². The van der Waals surface area contributed by atoms with Gasteiger partial charge in [-0.25, -0.2) is 4.79 Å². The van der Waals surface area contributed by atoms with Gasteiger partial charge < -0.3 is 10.5 Å². The lowest BCUT2D eigenvalue weighted by atomic mass is 10.1. The highest BCUT2D eigenvalue weighted by molar-refractivity contribution is 7.20. The van der Waals surface area contributed by atoms with E-state index in [-0.39, 0.29) is 5.97 Å². The second kappa shape index (κ2) is 5.40. The normalized spacial score (nSPS) is 12.6. The van der Waals surface area contributed by atoms with E-state index in [4.69, 9.17) is 10.5 Å². The van der Waals surface area contributed by atoms with Crippen LogP contribution in [0.4, 0.5) is 5.69 Å². The van der Waals surface area contributed by atoms with Crippen LogP contribution >= 0.6 is 11.3 Å². The number of rotatable bonds is 4. The number of carbonyl (C=O) groups is 1. The first-order valence-corrected chi connectivity index (χ1v) is 6.88. The van der Waals surface area contributed by atoms with Gasteiger partial charge in [0.25, 0.3) is 0 Å². The summed E-state index contributed by atoms with van der Waals surface area (Å²) in [5, 5.41) is 0.996. The Balaban J connectivity index is 2.13. The lowest BCUT2D eigenvalue weighted by Crippen LogP contribution is -2.10. The monoisotopic (exact) mass is 263 g/mol. The number of nitrogens with two attached hydrogens (primary N) is 1. The molecule has 2 rings (SSSR count). The molecular formula is C14H17NO2S. The third kappa shape index (κ3) is 2.82. The molecule has 0 aliphatic rings. The van der Waals surface area contributed by atoms with Crippen LogP contribution < -0.4 is 5.73 Å². The van der Waals surface area contributed by atoms with Crippen LogP contribution in [0.5, 0.6) is 0 Å². The molecule has 2 N–H and O–H groups in total. The van der Waals surface area contributed by atoms with Crippen molar-refractivity contribution < 1.29 is 9.53 Å². The second-order valence-corrected chi connectivity index (χ2v) is 5.60. The van der Waals surface area contributed by atoms with Gasteiger partial charge in [0.05, 0.1) is 6.61 Å². The van der Waals surface area contributed by atoms with E-state index in [0.717, 1.165) is 16.5 Å². The Labute approximate surface area is 111 Å². The molecule has 0 aliphatic heterocycles. The van der Waals surface area contributed by atoms with Crippen molar-refractivity contribution in [2.75, 3.05) is 12.3 Å². The van der Waals surface area contributed by atoms with Gasteiger partial charge in [-0.05, 0) is 35.6 Å². The zero-order valence-electron chi connectivity index (χ0n) is 10.6. The molecule has 0 saturated heterocycles. The Morgan fingerprint density at radius 2 is 2.22 bits per heavy atom. The molecule has 0 saturated carbocycles. The van der Waals surface area contributed by atoms with E-state index >= 15 is 0 Å². The SMILES string of the molecule is CCC(C)COC(=O)c1cc2cc(N)ccc2s1. The average Bonchev–Trinajstić information content (AvgIpc) is 2.78. The highest BCUT2D eigenvalue weighted by Gasteiger charge is 2.12. The van der Waals surface area contributed by atoms with Crippen molar-refractivity contribution in [1.82, 2.24) is 0 Å². The Hall–Kier alpha value is -1.55. The minimum atomic E-state index is -0.241. The third-order valence-electron chi connectivity index (χ3n) is 2.94. The zero-order chi connectivity index (χ0) is 13.1. The summed E-state index contributed by atoms with van der Waals surface area (Å²) in [4.78, 5) is 12.5. The maximum Gasteiger partial charge on any atom is 0.348 e. The van der Waals surface area contributed by atoms with Gasteiger partial charge in [0.2, 0.25) is 0 Å². The van der Waals surface area contributed by atoms with E-state index in [1.165, 1.54) is 11.3 Å². The molecule has 2 aromatic rings. The van der Waals surface area contributed by atoms with Crippen LogP contribution in [0.1, 0.15) is 29.9 Å². The smallest absolute Gasteiger partial charge is 0.348 e. The number of hydrogen-bond acceptors (Lipinski definition) is 4. The third-order valence-corrected chi connectivity index (χ3v) is 4.03. The fourth-order valence-electron chi connectivity index (χ4n) is 1.57. The molecule has 3 nitrogen and oxygen atoms in total. The minimum Gasteiger partial charge on any atom is -0.461 e. The number of fused-ring (bicyclic) bond motifs is 1.